The lowest BCUT2D eigenvalue weighted by Gasteiger charge is -2.21. The van der Waals surface area contributed by atoms with Gasteiger partial charge in [0, 0.05) is 30.0 Å². The number of aryl methyl sites for hydroxylation is 1. The molecule has 4 rings (SSSR count). The third-order valence-electron chi connectivity index (χ3n) is 5.92. The number of carbonyl (C=O) groups is 1. The van der Waals surface area contributed by atoms with Gasteiger partial charge in [-0.25, -0.2) is 0 Å². The Labute approximate surface area is 211 Å². The number of hydrogen-bond acceptors (Lipinski definition) is 6. The number of methoxy groups -OCH3 is 1. The summed E-state index contributed by atoms with van der Waals surface area (Å²) in [5.41, 5.74) is 4.76. The summed E-state index contributed by atoms with van der Waals surface area (Å²) in [4.78, 5) is 15.3. The molecule has 0 spiro atoms. The molecule has 0 saturated carbocycles. The summed E-state index contributed by atoms with van der Waals surface area (Å²) in [7, 11) is 1.64. The Hall–Kier alpha value is -3.58. The molecule has 180 valence electrons. The summed E-state index contributed by atoms with van der Waals surface area (Å²) < 4.78 is 7.56. The van der Waals surface area contributed by atoms with Crippen LogP contribution in [-0.2, 0) is 0 Å². The highest BCUT2D eigenvalue weighted by atomic mass is 32.2. The summed E-state index contributed by atoms with van der Waals surface area (Å²) >= 11 is 1.39. The van der Waals surface area contributed by atoms with E-state index >= 15 is 0 Å². The molecular formula is C28H30N4O2S. The number of rotatable bonds is 10. The van der Waals surface area contributed by atoms with E-state index in [0.29, 0.717) is 22.3 Å². The van der Waals surface area contributed by atoms with Crippen LogP contribution in [0.4, 0.5) is 5.69 Å². The third kappa shape index (κ3) is 5.41. The van der Waals surface area contributed by atoms with Gasteiger partial charge in [-0.05, 0) is 69.3 Å². The van der Waals surface area contributed by atoms with Gasteiger partial charge in [-0.3, -0.25) is 9.36 Å². The first-order chi connectivity index (χ1) is 17.0. The van der Waals surface area contributed by atoms with Crippen LogP contribution >= 0.6 is 11.8 Å². The summed E-state index contributed by atoms with van der Waals surface area (Å²) in [6, 6.07) is 23.8. The quantitative estimate of drug-likeness (QED) is 0.200. The molecule has 1 heterocycles. The molecule has 3 aromatic carbocycles. The predicted octanol–water partition coefficient (Wildman–Crippen LogP) is 6.07. The fraction of sp³-hybridized carbons (Fsp3) is 0.250. The Bertz CT molecular complexity index is 1280. The van der Waals surface area contributed by atoms with Gasteiger partial charge in [0.25, 0.3) is 0 Å². The predicted molar refractivity (Wildman–Crippen MR) is 143 cm³/mol. The first kappa shape index (κ1) is 24.5. The van der Waals surface area contributed by atoms with Crippen molar-refractivity contribution in [3.8, 4) is 22.8 Å². The summed E-state index contributed by atoms with van der Waals surface area (Å²) in [5.74, 6) is 1.71. The van der Waals surface area contributed by atoms with Crippen molar-refractivity contribution in [3.63, 3.8) is 0 Å². The van der Waals surface area contributed by atoms with Gasteiger partial charge in [-0.2, -0.15) is 0 Å². The highest BCUT2D eigenvalue weighted by Gasteiger charge is 2.20. The number of carbonyl (C=O) groups excluding carboxylic acids is 1. The van der Waals surface area contributed by atoms with E-state index in [4.69, 9.17) is 4.74 Å². The molecule has 0 N–H and O–H groups in total. The van der Waals surface area contributed by atoms with E-state index in [1.165, 1.54) is 17.3 Å². The molecule has 0 fully saturated rings. The van der Waals surface area contributed by atoms with Gasteiger partial charge in [0.2, 0.25) is 0 Å². The van der Waals surface area contributed by atoms with E-state index in [1.54, 1.807) is 7.11 Å². The topological polar surface area (TPSA) is 60.3 Å². The second-order valence-electron chi connectivity index (χ2n) is 8.11. The number of benzene rings is 3. The van der Waals surface area contributed by atoms with Crippen LogP contribution in [0.2, 0.25) is 0 Å². The second kappa shape index (κ2) is 11.2. The van der Waals surface area contributed by atoms with Gasteiger partial charge in [0.1, 0.15) is 5.75 Å². The molecule has 0 unspecified atom stereocenters. The van der Waals surface area contributed by atoms with Crippen LogP contribution in [0.5, 0.6) is 5.75 Å². The number of Topliss-reactive ketones (excluding diaryl/α,β-unsaturated/α-hetero) is 1. The third-order valence-corrected chi connectivity index (χ3v) is 6.85. The average Bonchev–Trinajstić information content (AvgIpc) is 3.32. The Morgan fingerprint density at radius 2 is 1.63 bits per heavy atom. The standard InChI is InChI=1S/C28H30N4O2S/c1-5-31(6-2)22-17-13-21(14-18-22)25(33)19-35-28-30-29-27(24-9-7-8-10-26(24)34-4)32(28)23-15-11-20(3)12-16-23/h7-18H,5-6,19H2,1-4H3. The van der Waals surface area contributed by atoms with E-state index in [9.17, 15) is 4.79 Å². The van der Waals surface area contributed by atoms with Gasteiger partial charge in [0.05, 0.1) is 18.4 Å². The minimum atomic E-state index is 0.0541. The zero-order valence-electron chi connectivity index (χ0n) is 20.6. The number of aromatic nitrogens is 3. The molecule has 0 aliphatic carbocycles. The van der Waals surface area contributed by atoms with Crippen molar-refractivity contribution in [1.29, 1.82) is 0 Å². The smallest absolute Gasteiger partial charge is 0.196 e. The number of nitrogens with zero attached hydrogens (tertiary/aromatic N) is 4. The van der Waals surface area contributed by atoms with E-state index < -0.39 is 0 Å². The number of ketones is 1. The summed E-state index contributed by atoms with van der Waals surface area (Å²) in [6.07, 6.45) is 0. The number of thioether (sulfide) groups is 1. The monoisotopic (exact) mass is 486 g/mol. The normalized spacial score (nSPS) is 10.9. The second-order valence-corrected chi connectivity index (χ2v) is 9.05. The molecule has 1 aromatic heterocycles. The maximum absolute atomic E-state index is 13.0. The van der Waals surface area contributed by atoms with Crippen molar-refractivity contribution in [2.75, 3.05) is 30.9 Å². The fourth-order valence-corrected chi connectivity index (χ4v) is 4.80. The molecule has 0 bridgehead atoms. The van der Waals surface area contributed by atoms with Crippen molar-refractivity contribution < 1.29 is 9.53 Å². The summed E-state index contributed by atoms with van der Waals surface area (Å²) in [5, 5.41) is 9.60. The van der Waals surface area contributed by atoms with Crippen molar-refractivity contribution >= 4 is 23.2 Å². The molecule has 0 aliphatic heterocycles. The molecule has 0 radical (unpaired) electrons. The van der Waals surface area contributed by atoms with E-state index in [-0.39, 0.29) is 11.5 Å². The Kier molecular flexibility index (Phi) is 7.87. The van der Waals surface area contributed by atoms with Crippen molar-refractivity contribution in [2.45, 2.75) is 25.9 Å². The minimum absolute atomic E-state index is 0.0541. The first-order valence-electron chi connectivity index (χ1n) is 11.7. The highest BCUT2D eigenvalue weighted by Crippen LogP contribution is 2.33. The lowest BCUT2D eigenvalue weighted by molar-refractivity contribution is 0.102. The van der Waals surface area contributed by atoms with Crippen LogP contribution < -0.4 is 9.64 Å². The number of para-hydroxylation sites is 1. The van der Waals surface area contributed by atoms with Crippen molar-refractivity contribution in [3.05, 3.63) is 83.9 Å². The molecule has 0 aliphatic rings. The highest BCUT2D eigenvalue weighted by molar-refractivity contribution is 7.99. The van der Waals surface area contributed by atoms with E-state index in [2.05, 4.69) is 48.0 Å². The van der Waals surface area contributed by atoms with Crippen molar-refractivity contribution in [2.24, 2.45) is 0 Å². The zero-order valence-corrected chi connectivity index (χ0v) is 21.4. The van der Waals surface area contributed by atoms with Crippen molar-refractivity contribution in [1.82, 2.24) is 14.8 Å². The van der Waals surface area contributed by atoms with Gasteiger partial charge in [-0.15, -0.1) is 10.2 Å². The van der Waals surface area contributed by atoms with Gasteiger partial charge in [-0.1, -0.05) is 41.6 Å². The Morgan fingerprint density at radius 1 is 0.943 bits per heavy atom. The van der Waals surface area contributed by atoms with Crippen LogP contribution in [0.1, 0.15) is 29.8 Å². The largest absolute Gasteiger partial charge is 0.496 e. The fourth-order valence-electron chi connectivity index (χ4n) is 3.95. The van der Waals surface area contributed by atoms with Crippen LogP contribution in [-0.4, -0.2) is 46.5 Å². The minimum Gasteiger partial charge on any atom is -0.496 e. The molecule has 0 amide bonds. The maximum atomic E-state index is 13.0. The van der Waals surface area contributed by atoms with E-state index in [1.807, 2.05) is 65.2 Å². The van der Waals surface area contributed by atoms with Gasteiger partial charge in [0.15, 0.2) is 16.8 Å². The molecule has 7 heteroatoms. The number of anilines is 1. The van der Waals surface area contributed by atoms with Crippen LogP contribution in [0.25, 0.3) is 17.1 Å². The first-order valence-corrected chi connectivity index (χ1v) is 12.7. The van der Waals surface area contributed by atoms with Crippen LogP contribution in [0, 0.1) is 6.92 Å². The lowest BCUT2D eigenvalue weighted by Crippen LogP contribution is -2.21. The zero-order chi connectivity index (χ0) is 24.8. The number of ether oxygens (including phenoxy) is 1. The molecule has 0 atom stereocenters. The Balaban J connectivity index is 1.62. The van der Waals surface area contributed by atoms with E-state index in [0.717, 1.165) is 30.0 Å². The SMILES string of the molecule is CCN(CC)c1ccc(C(=O)CSc2nnc(-c3ccccc3OC)n2-c2ccc(C)cc2)cc1. The molecule has 0 saturated heterocycles. The number of hydrogen-bond donors (Lipinski definition) is 0. The molecule has 4 aromatic rings. The van der Waals surface area contributed by atoms with Gasteiger partial charge < -0.3 is 9.64 Å². The Morgan fingerprint density at radius 3 is 2.29 bits per heavy atom. The molecular weight excluding hydrogens is 456 g/mol. The average molecular weight is 487 g/mol. The van der Waals surface area contributed by atoms with Crippen LogP contribution in [0.15, 0.2) is 78.0 Å². The maximum Gasteiger partial charge on any atom is 0.196 e. The van der Waals surface area contributed by atoms with Gasteiger partial charge >= 0.3 is 0 Å². The molecule has 35 heavy (non-hydrogen) atoms. The molecule has 6 nitrogen and oxygen atoms in total. The lowest BCUT2D eigenvalue weighted by atomic mass is 10.1. The summed E-state index contributed by atoms with van der Waals surface area (Å²) in [6.45, 7) is 8.17. The van der Waals surface area contributed by atoms with Crippen LogP contribution in [0.3, 0.4) is 0 Å².